The molecule has 0 aromatic heterocycles. The molecular formula is C22H31FN2S. The van der Waals surface area contributed by atoms with Crippen molar-refractivity contribution < 1.29 is 4.39 Å². The predicted octanol–water partition coefficient (Wildman–Crippen LogP) is 7.06. The van der Waals surface area contributed by atoms with Crippen molar-refractivity contribution in [2.75, 3.05) is 5.32 Å². The second-order valence-corrected chi connectivity index (χ2v) is 8.68. The molecule has 0 heterocycles. The van der Waals surface area contributed by atoms with Gasteiger partial charge >= 0.3 is 0 Å². The fourth-order valence-corrected chi connectivity index (χ4v) is 3.67. The Balaban J connectivity index is 2.10. The minimum atomic E-state index is -0.181. The van der Waals surface area contributed by atoms with E-state index in [1.807, 2.05) is 0 Å². The van der Waals surface area contributed by atoms with Crippen LogP contribution in [0.3, 0.4) is 0 Å². The summed E-state index contributed by atoms with van der Waals surface area (Å²) in [5.74, 6) is 1.53. The summed E-state index contributed by atoms with van der Waals surface area (Å²) >= 11 is 1.59. The number of anilines is 1. The van der Waals surface area contributed by atoms with E-state index < -0.39 is 0 Å². The Morgan fingerprint density at radius 2 is 1.62 bits per heavy atom. The lowest BCUT2D eigenvalue weighted by molar-refractivity contribution is 0.618. The third kappa shape index (κ3) is 5.16. The molecule has 0 unspecified atom stereocenters. The zero-order valence-corrected chi connectivity index (χ0v) is 17.6. The highest BCUT2D eigenvalue weighted by Gasteiger charge is 2.17. The van der Waals surface area contributed by atoms with Crippen molar-refractivity contribution in [3.05, 3.63) is 64.1 Å². The average Bonchev–Trinajstić information content (AvgIpc) is 3.03. The van der Waals surface area contributed by atoms with Crippen molar-refractivity contribution in [1.29, 1.82) is 0 Å². The molecule has 0 aliphatic heterocycles. The molecule has 26 heavy (non-hydrogen) atoms. The zero-order chi connectivity index (χ0) is 19.4. The van der Waals surface area contributed by atoms with Gasteiger partial charge in [-0.25, -0.2) is 4.39 Å². The Labute approximate surface area is 162 Å². The Hall–Kier alpha value is -1.68. The van der Waals surface area contributed by atoms with Crippen LogP contribution in [0, 0.1) is 11.7 Å². The van der Waals surface area contributed by atoms with Gasteiger partial charge in [-0.1, -0.05) is 54.2 Å². The Bertz CT molecular complexity index is 701. The van der Waals surface area contributed by atoms with Crippen LogP contribution in [0.15, 0.2) is 47.2 Å². The number of halogens is 1. The molecule has 2 rings (SSSR count). The van der Waals surface area contributed by atoms with Crippen LogP contribution in [0.2, 0.25) is 0 Å². The third-order valence-electron chi connectivity index (χ3n) is 4.52. The minimum Gasteiger partial charge on any atom is -0.341 e. The molecule has 2 N–H and O–H groups in total. The molecule has 2 nitrogen and oxygen atoms in total. The van der Waals surface area contributed by atoms with Crippen LogP contribution in [-0.4, -0.2) is 0 Å². The quantitative estimate of drug-likeness (QED) is 0.476. The van der Waals surface area contributed by atoms with Crippen LogP contribution < -0.4 is 10.0 Å². The van der Waals surface area contributed by atoms with Gasteiger partial charge in [0.15, 0.2) is 0 Å². The van der Waals surface area contributed by atoms with E-state index in [0.29, 0.717) is 11.7 Å². The Kier molecular flexibility index (Phi) is 6.99. The molecule has 1 aromatic carbocycles. The minimum absolute atomic E-state index is 0.181. The van der Waals surface area contributed by atoms with Crippen molar-refractivity contribution in [3.63, 3.8) is 0 Å². The van der Waals surface area contributed by atoms with Crippen molar-refractivity contribution in [1.82, 2.24) is 4.72 Å². The molecule has 0 radical (unpaired) electrons. The SMILES string of the molecule is C=C(NSC1=CC(C(C)C)=CC1)Nc1c(C(C)C)cc(F)cc1C(C)C. The first-order valence-corrected chi connectivity index (χ1v) is 10.1. The molecular weight excluding hydrogens is 343 g/mol. The largest absolute Gasteiger partial charge is 0.341 e. The summed E-state index contributed by atoms with van der Waals surface area (Å²) in [5, 5.41) is 3.39. The Morgan fingerprint density at radius 3 is 2.08 bits per heavy atom. The molecule has 4 heteroatoms. The summed E-state index contributed by atoms with van der Waals surface area (Å²) in [4.78, 5) is 1.28. The van der Waals surface area contributed by atoms with Crippen molar-refractivity contribution in [2.24, 2.45) is 5.92 Å². The number of hydrogen-bond acceptors (Lipinski definition) is 3. The molecule has 0 saturated carbocycles. The molecule has 0 fully saturated rings. The van der Waals surface area contributed by atoms with E-state index in [-0.39, 0.29) is 17.7 Å². The summed E-state index contributed by atoms with van der Waals surface area (Å²) < 4.78 is 17.3. The molecule has 0 bridgehead atoms. The second kappa shape index (κ2) is 8.81. The molecule has 1 aromatic rings. The summed E-state index contributed by atoms with van der Waals surface area (Å²) in [6.45, 7) is 16.8. The normalized spacial score (nSPS) is 14.1. The highest BCUT2D eigenvalue weighted by molar-refractivity contribution is 8.01. The highest BCUT2D eigenvalue weighted by atomic mass is 32.2. The van der Waals surface area contributed by atoms with Gasteiger partial charge in [0.2, 0.25) is 0 Å². The smallest absolute Gasteiger partial charge is 0.123 e. The van der Waals surface area contributed by atoms with Gasteiger partial charge in [-0.15, -0.1) is 0 Å². The lowest BCUT2D eigenvalue weighted by atomic mass is 9.92. The van der Waals surface area contributed by atoms with E-state index in [4.69, 9.17) is 0 Å². The van der Waals surface area contributed by atoms with E-state index in [1.54, 1.807) is 24.1 Å². The molecule has 0 spiro atoms. The lowest BCUT2D eigenvalue weighted by Gasteiger charge is -2.22. The third-order valence-corrected chi connectivity index (χ3v) is 5.42. The zero-order valence-electron chi connectivity index (χ0n) is 16.7. The maximum absolute atomic E-state index is 14.0. The van der Waals surface area contributed by atoms with Gasteiger partial charge in [-0.3, -0.25) is 0 Å². The van der Waals surface area contributed by atoms with Crippen LogP contribution >= 0.6 is 11.9 Å². The number of nitrogens with one attached hydrogen (secondary N) is 2. The van der Waals surface area contributed by atoms with E-state index in [1.165, 1.54) is 10.5 Å². The van der Waals surface area contributed by atoms with Gasteiger partial charge in [0.05, 0.1) is 0 Å². The summed E-state index contributed by atoms with van der Waals surface area (Å²) in [5.41, 5.74) is 4.31. The van der Waals surface area contributed by atoms with E-state index >= 15 is 0 Å². The molecule has 1 aliphatic rings. The van der Waals surface area contributed by atoms with Crippen molar-refractivity contribution in [2.45, 2.75) is 59.8 Å². The fraction of sp³-hybridized carbons (Fsp3) is 0.455. The van der Waals surface area contributed by atoms with Crippen LogP contribution in [0.4, 0.5) is 10.1 Å². The van der Waals surface area contributed by atoms with Gasteiger partial charge in [0, 0.05) is 10.6 Å². The molecule has 0 atom stereocenters. The molecule has 0 saturated heterocycles. The first-order chi connectivity index (χ1) is 12.2. The van der Waals surface area contributed by atoms with E-state index in [2.05, 4.69) is 70.3 Å². The van der Waals surface area contributed by atoms with E-state index in [9.17, 15) is 4.39 Å². The average molecular weight is 375 g/mol. The van der Waals surface area contributed by atoms with Gasteiger partial charge in [0.25, 0.3) is 0 Å². The monoisotopic (exact) mass is 374 g/mol. The number of allylic oxidation sites excluding steroid dienone is 4. The predicted molar refractivity (Wildman–Crippen MR) is 114 cm³/mol. The van der Waals surface area contributed by atoms with E-state index in [0.717, 1.165) is 23.2 Å². The maximum Gasteiger partial charge on any atom is 0.123 e. The standard InChI is InChI=1S/C22H31FN2S/c1-13(2)17-8-9-19(10-17)26-25-16(7)24-22-20(14(3)4)11-18(23)12-21(22)15(5)6/h8,10-15,24-25H,7,9H2,1-6H3. The summed E-state index contributed by atoms with van der Waals surface area (Å²) in [6.07, 6.45) is 5.48. The molecule has 0 amide bonds. The maximum atomic E-state index is 14.0. The van der Waals surface area contributed by atoms with Gasteiger partial charge < -0.3 is 10.0 Å². The summed E-state index contributed by atoms with van der Waals surface area (Å²) in [6, 6.07) is 3.25. The molecule has 1 aliphatic carbocycles. The van der Waals surface area contributed by atoms with Gasteiger partial charge in [-0.05, 0) is 71.0 Å². The summed E-state index contributed by atoms with van der Waals surface area (Å²) in [7, 11) is 0. The van der Waals surface area contributed by atoms with Crippen LogP contribution in [0.1, 0.15) is 70.9 Å². The highest BCUT2D eigenvalue weighted by Crippen LogP contribution is 2.35. The first-order valence-electron chi connectivity index (χ1n) is 9.31. The number of hydrogen-bond donors (Lipinski definition) is 2. The van der Waals surface area contributed by atoms with Gasteiger partial charge in [-0.2, -0.15) is 0 Å². The lowest BCUT2D eigenvalue weighted by Crippen LogP contribution is -2.15. The first kappa shape index (κ1) is 20.6. The second-order valence-electron chi connectivity index (χ2n) is 7.75. The fourth-order valence-electron chi connectivity index (χ4n) is 3.00. The van der Waals surface area contributed by atoms with Gasteiger partial charge in [0.1, 0.15) is 11.6 Å². The van der Waals surface area contributed by atoms with Crippen LogP contribution in [0.5, 0.6) is 0 Å². The van der Waals surface area contributed by atoms with Crippen LogP contribution in [0.25, 0.3) is 0 Å². The number of benzene rings is 1. The molecule has 142 valence electrons. The number of rotatable bonds is 8. The van der Waals surface area contributed by atoms with Crippen LogP contribution in [-0.2, 0) is 0 Å². The Morgan fingerprint density at radius 1 is 1.04 bits per heavy atom. The topological polar surface area (TPSA) is 24.1 Å². The van der Waals surface area contributed by atoms with Crippen molar-refractivity contribution in [3.8, 4) is 0 Å². The van der Waals surface area contributed by atoms with Crippen molar-refractivity contribution >= 4 is 17.6 Å².